The van der Waals surface area contributed by atoms with Crippen LogP contribution in [0, 0.1) is 0 Å². The Morgan fingerprint density at radius 3 is 1.85 bits per heavy atom. The summed E-state index contributed by atoms with van der Waals surface area (Å²) in [5.74, 6) is 1.38. The molecular weight excluding hydrogens is 665 g/mol. The van der Waals surface area contributed by atoms with Gasteiger partial charge < -0.3 is 14.2 Å². The number of rotatable bonds is 5. The van der Waals surface area contributed by atoms with Crippen molar-refractivity contribution >= 4 is 66.3 Å². The summed E-state index contributed by atoms with van der Waals surface area (Å²) < 4.78 is 12.5. The van der Waals surface area contributed by atoms with Gasteiger partial charge in [-0.25, -0.2) is 9.98 Å². The average Bonchev–Trinajstić information content (AvgIpc) is 3.82. The summed E-state index contributed by atoms with van der Waals surface area (Å²) in [6, 6.07) is 54.3. The van der Waals surface area contributed by atoms with Gasteiger partial charge in [0.1, 0.15) is 28.8 Å². The fourth-order valence-electron chi connectivity index (χ4n) is 7.98. The van der Waals surface area contributed by atoms with Crippen LogP contribution in [0.25, 0.3) is 76.9 Å². The van der Waals surface area contributed by atoms with E-state index in [0.29, 0.717) is 5.84 Å². The molecule has 1 atom stereocenters. The second kappa shape index (κ2) is 12.1. The number of aliphatic imine (C=N–C) groups is 2. The van der Waals surface area contributed by atoms with Crippen LogP contribution in [-0.2, 0) is 0 Å². The lowest BCUT2D eigenvalue weighted by Crippen LogP contribution is -2.33. The van der Waals surface area contributed by atoms with E-state index in [4.69, 9.17) is 18.8 Å². The van der Waals surface area contributed by atoms with Gasteiger partial charge >= 0.3 is 0 Å². The van der Waals surface area contributed by atoms with Crippen molar-refractivity contribution in [1.29, 1.82) is 0 Å². The van der Waals surface area contributed by atoms with Gasteiger partial charge in [-0.3, -0.25) is 4.98 Å². The number of nitrogens with zero attached hydrogens (tertiary/aromatic N) is 3. The Morgan fingerprint density at radius 1 is 0.444 bits per heavy atom. The van der Waals surface area contributed by atoms with Gasteiger partial charge in [-0.2, -0.15) is 0 Å². The van der Waals surface area contributed by atoms with E-state index in [2.05, 4.69) is 113 Å². The Labute approximate surface area is 309 Å². The van der Waals surface area contributed by atoms with Crippen LogP contribution in [0.1, 0.15) is 22.9 Å². The van der Waals surface area contributed by atoms with Crippen LogP contribution in [0.4, 0.5) is 0 Å². The third-order valence-electron chi connectivity index (χ3n) is 10.5. The molecule has 6 nitrogen and oxygen atoms in total. The topological polar surface area (TPSA) is 75.9 Å². The van der Waals surface area contributed by atoms with Gasteiger partial charge in [-0.15, -0.1) is 0 Å². The van der Waals surface area contributed by atoms with Gasteiger partial charge in [0.05, 0.1) is 6.20 Å². The van der Waals surface area contributed by atoms with E-state index >= 15 is 0 Å². The van der Waals surface area contributed by atoms with E-state index in [-0.39, 0.29) is 0 Å². The molecule has 1 aliphatic rings. The third-order valence-corrected chi connectivity index (χ3v) is 10.5. The highest BCUT2D eigenvalue weighted by atomic mass is 16.3. The number of para-hydroxylation sites is 2. The van der Waals surface area contributed by atoms with Crippen molar-refractivity contribution in [3.63, 3.8) is 0 Å². The molecular formula is C48H30N4O2. The molecule has 7 aromatic carbocycles. The summed E-state index contributed by atoms with van der Waals surface area (Å²) in [5, 5.41) is 10.1. The number of furan rings is 2. The second-order valence-corrected chi connectivity index (χ2v) is 13.6. The van der Waals surface area contributed by atoms with Crippen LogP contribution in [-0.4, -0.2) is 16.7 Å². The minimum atomic E-state index is -0.404. The van der Waals surface area contributed by atoms with Crippen LogP contribution in [0.2, 0.25) is 0 Å². The predicted molar refractivity (Wildman–Crippen MR) is 219 cm³/mol. The van der Waals surface area contributed by atoms with Crippen LogP contribution in [0.5, 0.6) is 0 Å². The average molecular weight is 695 g/mol. The molecule has 0 spiro atoms. The molecule has 0 amide bonds. The van der Waals surface area contributed by atoms with Crippen molar-refractivity contribution in [2.45, 2.75) is 6.17 Å². The fourth-order valence-corrected chi connectivity index (χ4v) is 7.98. The number of benzene rings is 7. The van der Waals surface area contributed by atoms with E-state index in [1.807, 2.05) is 60.8 Å². The molecule has 0 saturated heterocycles. The Morgan fingerprint density at radius 2 is 1.06 bits per heavy atom. The maximum absolute atomic E-state index is 6.31. The highest BCUT2D eigenvalue weighted by Gasteiger charge is 2.25. The first-order chi connectivity index (χ1) is 26.8. The Balaban J connectivity index is 1.11. The summed E-state index contributed by atoms with van der Waals surface area (Å²) in [6.07, 6.45) is 3.34. The SMILES string of the molecule is c1ccc(-c2cccc(C3N=C(c4cccc5oc6ccccc6c45)N=C(c4ccc(-c5cncc6oc7ccccc7c56)c5ccccc45)N3)c2)cc1. The molecule has 1 unspecified atom stereocenters. The number of hydrogen-bond acceptors (Lipinski definition) is 6. The van der Waals surface area contributed by atoms with E-state index in [9.17, 15) is 0 Å². The number of hydrogen-bond donors (Lipinski definition) is 1. The monoisotopic (exact) mass is 694 g/mol. The van der Waals surface area contributed by atoms with Crippen molar-refractivity contribution < 1.29 is 8.83 Å². The molecule has 4 heterocycles. The highest BCUT2D eigenvalue weighted by molar-refractivity contribution is 6.24. The second-order valence-electron chi connectivity index (χ2n) is 13.6. The van der Waals surface area contributed by atoms with Crippen molar-refractivity contribution in [3.05, 3.63) is 187 Å². The summed E-state index contributed by atoms with van der Waals surface area (Å²) in [4.78, 5) is 15.3. The standard InChI is InChI=1S/C48H30N4O2/c1-2-12-29(13-3-1)30-14-10-15-31(26-30)46-50-47(52-48(51-46)38-20-11-23-42-44(38)36-18-6-8-21-40(36)53-42)35-25-24-34(32-16-4-5-17-33(32)35)39-27-49-28-43-45(39)37-19-7-9-22-41(37)54-43/h1-28,46H,(H,50,51,52). The number of aromatic nitrogens is 1. The molecule has 3 aromatic heterocycles. The lowest BCUT2D eigenvalue weighted by Gasteiger charge is -2.25. The summed E-state index contributed by atoms with van der Waals surface area (Å²) in [6.45, 7) is 0. The van der Waals surface area contributed by atoms with Crippen molar-refractivity contribution in [1.82, 2.24) is 10.3 Å². The van der Waals surface area contributed by atoms with Crippen molar-refractivity contribution in [2.24, 2.45) is 9.98 Å². The quantitative estimate of drug-likeness (QED) is 0.195. The molecule has 254 valence electrons. The predicted octanol–water partition coefficient (Wildman–Crippen LogP) is 11.9. The third kappa shape index (κ3) is 4.85. The van der Waals surface area contributed by atoms with Crippen LogP contribution in [0.15, 0.2) is 189 Å². The van der Waals surface area contributed by atoms with Crippen LogP contribution >= 0.6 is 0 Å². The van der Waals surface area contributed by atoms with Gasteiger partial charge in [0, 0.05) is 44.4 Å². The first kappa shape index (κ1) is 30.3. The van der Waals surface area contributed by atoms with E-state index in [1.165, 1.54) is 0 Å². The largest absolute Gasteiger partial charge is 0.456 e. The molecule has 10 aromatic rings. The van der Waals surface area contributed by atoms with Crippen molar-refractivity contribution in [3.8, 4) is 22.3 Å². The Kier molecular flexibility index (Phi) is 6.82. The molecule has 1 aliphatic heterocycles. The summed E-state index contributed by atoms with van der Waals surface area (Å²) in [5.41, 5.74) is 10.6. The molecule has 1 N–H and O–H groups in total. The van der Waals surface area contributed by atoms with Crippen LogP contribution < -0.4 is 5.32 Å². The van der Waals surface area contributed by atoms with E-state index in [0.717, 1.165) is 99.4 Å². The molecule has 54 heavy (non-hydrogen) atoms. The van der Waals surface area contributed by atoms with E-state index in [1.54, 1.807) is 6.20 Å². The maximum Gasteiger partial charge on any atom is 0.160 e. The van der Waals surface area contributed by atoms with E-state index < -0.39 is 6.17 Å². The first-order valence-electron chi connectivity index (χ1n) is 18.0. The molecule has 0 fully saturated rings. The molecule has 0 radical (unpaired) electrons. The first-order valence-corrected chi connectivity index (χ1v) is 18.0. The Bertz CT molecular complexity index is 3150. The number of amidine groups is 2. The minimum Gasteiger partial charge on any atom is -0.456 e. The summed E-state index contributed by atoms with van der Waals surface area (Å²) >= 11 is 0. The lowest BCUT2D eigenvalue weighted by molar-refractivity contribution is 0.667. The zero-order valence-electron chi connectivity index (χ0n) is 28.9. The summed E-state index contributed by atoms with van der Waals surface area (Å²) in [7, 11) is 0. The molecule has 11 rings (SSSR count). The highest BCUT2D eigenvalue weighted by Crippen LogP contribution is 2.40. The number of pyridine rings is 1. The molecule has 0 aliphatic carbocycles. The van der Waals surface area contributed by atoms with Gasteiger partial charge in [-0.1, -0.05) is 133 Å². The fraction of sp³-hybridized carbons (Fsp3) is 0.0208. The molecule has 0 bridgehead atoms. The normalized spacial score (nSPS) is 14.5. The maximum atomic E-state index is 6.31. The minimum absolute atomic E-state index is 0.404. The molecule has 0 saturated carbocycles. The zero-order chi connectivity index (χ0) is 35.6. The lowest BCUT2D eigenvalue weighted by atomic mass is 9.93. The van der Waals surface area contributed by atoms with Gasteiger partial charge in [0.2, 0.25) is 0 Å². The van der Waals surface area contributed by atoms with Gasteiger partial charge in [0.25, 0.3) is 0 Å². The molecule has 6 heteroatoms. The van der Waals surface area contributed by atoms with Gasteiger partial charge in [-0.05, 0) is 57.3 Å². The Hall–Kier alpha value is -7.31. The van der Waals surface area contributed by atoms with Crippen LogP contribution in [0.3, 0.4) is 0 Å². The van der Waals surface area contributed by atoms with Gasteiger partial charge in [0.15, 0.2) is 11.4 Å². The number of nitrogens with one attached hydrogen (secondary N) is 1. The number of fused-ring (bicyclic) bond motifs is 7. The smallest absolute Gasteiger partial charge is 0.160 e. The zero-order valence-corrected chi connectivity index (χ0v) is 28.9. The van der Waals surface area contributed by atoms with Crippen molar-refractivity contribution in [2.75, 3.05) is 0 Å².